The third kappa shape index (κ3) is 4.99. The number of nitrogens with zero attached hydrogens (tertiary/aromatic N) is 3. The molecule has 0 spiro atoms. The van der Waals surface area contributed by atoms with Crippen molar-refractivity contribution in [3.63, 3.8) is 0 Å². The van der Waals surface area contributed by atoms with Crippen molar-refractivity contribution in [2.45, 2.75) is 33.7 Å². The molecular formula is C15H23N3O3. The van der Waals surface area contributed by atoms with Crippen LogP contribution in [0.2, 0.25) is 0 Å². The number of aromatic nitrogens is 2. The summed E-state index contributed by atoms with van der Waals surface area (Å²) in [5.41, 5.74) is 0.957. The maximum absolute atomic E-state index is 9.02. The molecule has 2 rings (SSSR count). The van der Waals surface area contributed by atoms with Crippen LogP contribution in [0.3, 0.4) is 0 Å². The van der Waals surface area contributed by atoms with E-state index in [0.29, 0.717) is 18.3 Å². The zero-order valence-electron chi connectivity index (χ0n) is 12.9. The fourth-order valence-corrected chi connectivity index (χ4v) is 2.20. The lowest BCUT2D eigenvalue weighted by molar-refractivity contribution is 0.161. The van der Waals surface area contributed by atoms with E-state index >= 15 is 0 Å². The van der Waals surface area contributed by atoms with Gasteiger partial charge < -0.3 is 14.0 Å². The molecule has 1 N–H and O–H groups in total. The minimum absolute atomic E-state index is 0.173. The highest BCUT2D eigenvalue weighted by Crippen LogP contribution is 2.19. The monoisotopic (exact) mass is 293 g/mol. The van der Waals surface area contributed by atoms with Crippen LogP contribution >= 0.6 is 0 Å². The Morgan fingerprint density at radius 1 is 1.33 bits per heavy atom. The van der Waals surface area contributed by atoms with E-state index < -0.39 is 0 Å². The van der Waals surface area contributed by atoms with Gasteiger partial charge in [0.25, 0.3) is 5.89 Å². The first kappa shape index (κ1) is 15.7. The van der Waals surface area contributed by atoms with Gasteiger partial charge in [-0.2, -0.15) is 4.98 Å². The molecule has 0 atom stereocenters. The van der Waals surface area contributed by atoms with Crippen LogP contribution in [0.15, 0.2) is 27.5 Å². The van der Waals surface area contributed by atoms with Gasteiger partial charge in [0.1, 0.15) is 6.26 Å². The van der Waals surface area contributed by atoms with Gasteiger partial charge in [0, 0.05) is 19.7 Å². The molecule has 0 radical (unpaired) electrons. The predicted molar refractivity (Wildman–Crippen MR) is 78.4 cm³/mol. The maximum atomic E-state index is 9.02. The summed E-state index contributed by atoms with van der Waals surface area (Å²) in [5.74, 6) is 1.12. The normalized spacial score (nSPS) is 12.2. The molecule has 0 aliphatic heterocycles. The molecule has 0 aliphatic rings. The molecule has 6 nitrogen and oxygen atoms in total. The highest BCUT2D eigenvalue weighted by molar-refractivity contribution is 5.49. The molecule has 21 heavy (non-hydrogen) atoms. The minimum Gasteiger partial charge on any atom is -0.472 e. The zero-order valence-corrected chi connectivity index (χ0v) is 12.9. The van der Waals surface area contributed by atoms with Crippen molar-refractivity contribution in [1.82, 2.24) is 15.0 Å². The zero-order chi connectivity index (χ0) is 15.3. The number of furan rings is 1. The van der Waals surface area contributed by atoms with E-state index in [4.69, 9.17) is 14.0 Å². The van der Waals surface area contributed by atoms with Crippen molar-refractivity contribution in [2.24, 2.45) is 5.41 Å². The van der Waals surface area contributed by atoms with Crippen LogP contribution < -0.4 is 0 Å². The third-order valence-corrected chi connectivity index (χ3v) is 2.93. The quantitative estimate of drug-likeness (QED) is 0.845. The molecule has 0 aliphatic carbocycles. The second-order valence-corrected chi connectivity index (χ2v) is 6.38. The van der Waals surface area contributed by atoms with Gasteiger partial charge in [-0.1, -0.05) is 25.9 Å². The number of aliphatic hydroxyl groups is 1. The van der Waals surface area contributed by atoms with E-state index in [9.17, 15) is 0 Å². The van der Waals surface area contributed by atoms with Crippen LogP contribution in [0.4, 0.5) is 0 Å². The molecule has 2 aromatic heterocycles. The fraction of sp³-hybridized carbons (Fsp3) is 0.600. The molecule has 0 fully saturated rings. The van der Waals surface area contributed by atoms with Gasteiger partial charge in [-0.3, -0.25) is 4.90 Å². The number of aliphatic hydroxyl groups excluding tert-OH is 1. The van der Waals surface area contributed by atoms with Crippen LogP contribution in [0.1, 0.15) is 33.0 Å². The molecule has 116 valence electrons. The van der Waals surface area contributed by atoms with Gasteiger partial charge in [-0.25, -0.2) is 0 Å². The van der Waals surface area contributed by atoms with Crippen LogP contribution in [-0.4, -0.2) is 39.8 Å². The summed E-state index contributed by atoms with van der Waals surface area (Å²) < 4.78 is 10.3. The maximum Gasteiger partial charge on any atom is 0.261 e. The largest absolute Gasteiger partial charge is 0.472 e. The van der Waals surface area contributed by atoms with Gasteiger partial charge in [0.15, 0.2) is 5.82 Å². The lowest BCUT2D eigenvalue weighted by Crippen LogP contribution is -2.33. The van der Waals surface area contributed by atoms with Crippen LogP contribution in [0.5, 0.6) is 0 Å². The van der Waals surface area contributed by atoms with Crippen molar-refractivity contribution in [3.05, 3.63) is 24.4 Å². The Labute approximate surface area is 124 Å². The standard InChI is InChI=1S/C15H23N3O3/c1-15(2,3)11-18(6-4-7-19)9-13-16-14(21-17-13)12-5-8-20-10-12/h5,8,10,19H,4,6-7,9,11H2,1-3H3. The number of hydrogen-bond acceptors (Lipinski definition) is 6. The van der Waals surface area contributed by atoms with E-state index in [1.165, 1.54) is 0 Å². The molecule has 2 aromatic rings. The number of rotatable bonds is 7. The van der Waals surface area contributed by atoms with E-state index in [-0.39, 0.29) is 12.0 Å². The predicted octanol–water partition coefficient (Wildman–Crippen LogP) is 2.56. The van der Waals surface area contributed by atoms with Crippen LogP contribution in [0.25, 0.3) is 11.5 Å². The Hall–Kier alpha value is -1.66. The molecular weight excluding hydrogens is 270 g/mol. The molecule has 0 saturated heterocycles. The second-order valence-electron chi connectivity index (χ2n) is 6.38. The van der Waals surface area contributed by atoms with Gasteiger partial charge in [-0.15, -0.1) is 0 Å². The average molecular weight is 293 g/mol. The molecule has 0 saturated carbocycles. The smallest absolute Gasteiger partial charge is 0.261 e. The Balaban J connectivity index is 2.02. The summed E-state index contributed by atoms with van der Waals surface area (Å²) >= 11 is 0. The average Bonchev–Trinajstić information content (AvgIpc) is 3.04. The summed E-state index contributed by atoms with van der Waals surface area (Å²) in [6.07, 6.45) is 3.89. The lowest BCUT2D eigenvalue weighted by atomic mass is 9.96. The van der Waals surface area contributed by atoms with E-state index in [1.54, 1.807) is 18.6 Å². The molecule has 0 aromatic carbocycles. The van der Waals surface area contributed by atoms with Crippen molar-refractivity contribution >= 4 is 0 Å². The summed E-state index contributed by atoms with van der Waals surface area (Å²) in [4.78, 5) is 6.62. The fourth-order valence-electron chi connectivity index (χ4n) is 2.20. The Morgan fingerprint density at radius 3 is 2.76 bits per heavy atom. The SMILES string of the molecule is CC(C)(C)CN(CCCO)Cc1noc(-c2ccoc2)n1. The number of hydrogen-bond donors (Lipinski definition) is 1. The van der Waals surface area contributed by atoms with Gasteiger partial charge >= 0.3 is 0 Å². The van der Waals surface area contributed by atoms with Crippen molar-refractivity contribution in [2.75, 3.05) is 19.7 Å². The third-order valence-electron chi connectivity index (χ3n) is 2.93. The van der Waals surface area contributed by atoms with E-state index in [1.807, 2.05) is 0 Å². The summed E-state index contributed by atoms with van der Waals surface area (Å²) in [5, 5.41) is 13.0. The second kappa shape index (κ2) is 6.87. The summed E-state index contributed by atoms with van der Waals surface area (Å²) in [6, 6.07) is 1.79. The van der Waals surface area contributed by atoms with Gasteiger partial charge in [0.2, 0.25) is 0 Å². The highest BCUT2D eigenvalue weighted by Gasteiger charge is 2.19. The first-order valence-electron chi connectivity index (χ1n) is 7.16. The van der Waals surface area contributed by atoms with Crippen molar-refractivity contribution in [3.8, 4) is 11.5 Å². The molecule has 0 bridgehead atoms. The van der Waals surface area contributed by atoms with E-state index in [2.05, 4.69) is 35.8 Å². The summed E-state index contributed by atoms with van der Waals surface area (Å²) in [7, 11) is 0. The van der Waals surface area contributed by atoms with Crippen molar-refractivity contribution < 1.29 is 14.0 Å². The molecule has 6 heteroatoms. The molecule has 2 heterocycles. The Morgan fingerprint density at radius 2 is 2.14 bits per heavy atom. The minimum atomic E-state index is 0.173. The molecule has 0 unspecified atom stereocenters. The lowest BCUT2D eigenvalue weighted by Gasteiger charge is -2.28. The topological polar surface area (TPSA) is 75.5 Å². The van der Waals surface area contributed by atoms with Crippen LogP contribution in [-0.2, 0) is 6.54 Å². The Kier molecular flexibility index (Phi) is 5.14. The van der Waals surface area contributed by atoms with Gasteiger partial charge in [0.05, 0.1) is 18.4 Å². The Bertz CT molecular complexity index is 529. The van der Waals surface area contributed by atoms with Gasteiger partial charge in [-0.05, 0) is 17.9 Å². The first-order chi connectivity index (χ1) is 9.98. The first-order valence-corrected chi connectivity index (χ1v) is 7.16. The van der Waals surface area contributed by atoms with E-state index in [0.717, 1.165) is 25.1 Å². The summed E-state index contributed by atoms with van der Waals surface area (Å²) in [6.45, 7) is 9.07. The highest BCUT2D eigenvalue weighted by atomic mass is 16.5. The van der Waals surface area contributed by atoms with Crippen LogP contribution in [0, 0.1) is 5.41 Å². The molecule has 0 amide bonds. The van der Waals surface area contributed by atoms with Crippen molar-refractivity contribution in [1.29, 1.82) is 0 Å².